The number of carbonyl (C=O) groups excluding carboxylic acids is 1. The molecule has 2 aromatic heterocycles. The zero-order chi connectivity index (χ0) is 14.8. The number of pyridine rings is 1. The van der Waals surface area contributed by atoms with Gasteiger partial charge in [0.1, 0.15) is 0 Å². The van der Waals surface area contributed by atoms with E-state index in [1.165, 1.54) is 7.05 Å². The van der Waals surface area contributed by atoms with E-state index in [9.17, 15) is 13.2 Å². The van der Waals surface area contributed by atoms with Crippen LogP contribution in [0.15, 0.2) is 30.6 Å². The maximum absolute atomic E-state index is 11.7. The van der Waals surface area contributed by atoms with Crippen molar-refractivity contribution in [3.05, 3.63) is 36.2 Å². The van der Waals surface area contributed by atoms with Crippen LogP contribution >= 0.6 is 0 Å². The lowest BCUT2D eigenvalue weighted by Crippen LogP contribution is -2.37. The molecule has 20 heavy (non-hydrogen) atoms. The van der Waals surface area contributed by atoms with Crippen LogP contribution in [0.4, 0.5) is 0 Å². The molecule has 0 radical (unpaired) electrons. The van der Waals surface area contributed by atoms with Crippen molar-refractivity contribution in [3.63, 3.8) is 0 Å². The number of nitrogens with zero attached hydrogens (tertiary/aromatic N) is 3. The Hall–Kier alpha value is -1.93. The van der Waals surface area contributed by atoms with Crippen molar-refractivity contribution in [1.29, 1.82) is 0 Å². The Labute approximate surface area is 117 Å². The second-order valence-electron chi connectivity index (χ2n) is 4.50. The number of likely N-dealkylation sites (N-methyl/N-ethyl adjacent to an activating group) is 1. The van der Waals surface area contributed by atoms with Gasteiger partial charge >= 0.3 is 0 Å². The summed E-state index contributed by atoms with van der Waals surface area (Å²) in [7, 11) is -1.98. The Bertz CT molecular complexity index is 723. The van der Waals surface area contributed by atoms with E-state index in [-0.39, 0.29) is 12.5 Å². The van der Waals surface area contributed by atoms with Gasteiger partial charge in [-0.05, 0) is 12.1 Å². The van der Waals surface area contributed by atoms with Gasteiger partial charge in [-0.3, -0.25) is 4.79 Å². The molecule has 108 valence electrons. The van der Waals surface area contributed by atoms with Crippen LogP contribution in [0.2, 0.25) is 0 Å². The molecule has 0 aliphatic carbocycles. The van der Waals surface area contributed by atoms with Gasteiger partial charge in [-0.15, -0.1) is 0 Å². The monoisotopic (exact) mass is 296 g/mol. The van der Waals surface area contributed by atoms with Crippen molar-refractivity contribution >= 4 is 21.4 Å². The van der Waals surface area contributed by atoms with Crippen LogP contribution in [0.3, 0.4) is 0 Å². The third kappa shape index (κ3) is 3.34. The fraction of sp³-hybridized carbons (Fsp3) is 0.333. The summed E-state index contributed by atoms with van der Waals surface area (Å²) in [5.41, 5.74) is 1.78. The van der Waals surface area contributed by atoms with E-state index in [0.717, 1.165) is 21.6 Å². The normalized spacial score (nSPS) is 11.9. The number of rotatable bonds is 5. The van der Waals surface area contributed by atoms with E-state index in [2.05, 4.69) is 10.4 Å². The lowest BCUT2D eigenvalue weighted by Gasteiger charge is -2.13. The predicted octanol–water partition coefficient (Wildman–Crippen LogP) is -0.158. The Morgan fingerprint density at radius 1 is 1.45 bits per heavy atom. The lowest BCUT2D eigenvalue weighted by atomic mass is 10.2. The van der Waals surface area contributed by atoms with Crippen LogP contribution < -0.4 is 5.32 Å². The second-order valence-corrected chi connectivity index (χ2v) is 6.59. The molecule has 0 aliphatic rings. The number of carbonyl (C=O) groups is 1. The van der Waals surface area contributed by atoms with Gasteiger partial charge in [0.2, 0.25) is 15.9 Å². The molecule has 0 aromatic carbocycles. The van der Waals surface area contributed by atoms with Gasteiger partial charge in [-0.2, -0.15) is 9.40 Å². The number of hydrogen-bond acceptors (Lipinski definition) is 4. The number of nitrogens with one attached hydrogen (secondary N) is 1. The van der Waals surface area contributed by atoms with E-state index >= 15 is 0 Å². The molecule has 8 heteroatoms. The van der Waals surface area contributed by atoms with Crippen LogP contribution in [0.1, 0.15) is 5.56 Å². The quantitative estimate of drug-likeness (QED) is 0.831. The molecule has 2 rings (SSSR count). The van der Waals surface area contributed by atoms with Crippen LogP contribution in [0.25, 0.3) is 5.52 Å². The first-order valence-electron chi connectivity index (χ1n) is 5.97. The summed E-state index contributed by atoms with van der Waals surface area (Å²) in [6, 6.07) is 5.65. The van der Waals surface area contributed by atoms with Gasteiger partial charge in [0.15, 0.2) is 0 Å². The third-order valence-electron chi connectivity index (χ3n) is 2.91. The van der Waals surface area contributed by atoms with Crippen molar-refractivity contribution in [2.24, 2.45) is 0 Å². The van der Waals surface area contributed by atoms with E-state index < -0.39 is 10.0 Å². The van der Waals surface area contributed by atoms with E-state index in [4.69, 9.17) is 0 Å². The number of amides is 1. The largest absolute Gasteiger partial charge is 0.351 e. The number of aromatic nitrogens is 2. The Morgan fingerprint density at radius 3 is 2.90 bits per heavy atom. The van der Waals surface area contributed by atoms with E-state index in [1.807, 2.05) is 24.4 Å². The summed E-state index contributed by atoms with van der Waals surface area (Å²) in [5, 5.41) is 6.84. The van der Waals surface area contributed by atoms with Crippen molar-refractivity contribution in [1.82, 2.24) is 19.2 Å². The molecule has 1 N–H and O–H groups in total. The van der Waals surface area contributed by atoms with Crippen LogP contribution in [-0.4, -0.2) is 48.1 Å². The van der Waals surface area contributed by atoms with Crippen molar-refractivity contribution in [2.45, 2.75) is 6.54 Å². The standard InChI is InChI=1S/C12H16N4O3S/c1-15(20(2,18)19)9-12(17)13-7-10-8-14-16-6-4-3-5-11(10)16/h3-6,8H,7,9H2,1-2H3,(H,13,17). The van der Waals surface area contributed by atoms with Gasteiger partial charge in [-0.1, -0.05) is 6.07 Å². The highest BCUT2D eigenvalue weighted by atomic mass is 32.2. The Kier molecular flexibility index (Phi) is 4.05. The Morgan fingerprint density at radius 2 is 2.20 bits per heavy atom. The minimum absolute atomic E-state index is 0.196. The SMILES string of the molecule is CN(CC(=O)NCc1cnn2ccccc12)S(C)(=O)=O. The molecule has 0 saturated carbocycles. The summed E-state index contributed by atoms with van der Waals surface area (Å²) >= 11 is 0. The number of fused-ring (bicyclic) bond motifs is 1. The highest BCUT2D eigenvalue weighted by molar-refractivity contribution is 7.88. The highest BCUT2D eigenvalue weighted by Crippen LogP contribution is 2.09. The minimum Gasteiger partial charge on any atom is -0.351 e. The average Bonchev–Trinajstić information content (AvgIpc) is 2.78. The molecule has 0 atom stereocenters. The van der Waals surface area contributed by atoms with Gasteiger partial charge in [0, 0.05) is 25.4 Å². The molecule has 0 bridgehead atoms. The smallest absolute Gasteiger partial charge is 0.235 e. The molecular formula is C12H16N4O3S. The zero-order valence-electron chi connectivity index (χ0n) is 11.3. The van der Waals surface area contributed by atoms with Crippen molar-refractivity contribution in [3.8, 4) is 0 Å². The van der Waals surface area contributed by atoms with Crippen LogP contribution in [0, 0.1) is 0 Å². The first kappa shape index (κ1) is 14.5. The van der Waals surface area contributed by atoms with Crippen LogP contribution in [0.5, 0.6) is 0 Å². The number of hydrogen-bond donors (Lipinski definition) is 1. The first-order chi connectivity index (χ1) is 9.38. The lowest BCUT2D eigenvalue weighted by molar-refractivity contribution is -0.121. The first-order valence-corrected chi connectivity index (χ1v) is 7.82. The molecule has 0 aliphatic heterocycles. The fourth-order valence-corrected chi connectivity index (χ4v) is 2.04. The summed E-state index contributed by atoms with van der Waals surface area (Å²) < 4.78 is 25.1. The van der Waals surface area contributed by atoms with Crippen molar-refractivity contribution < 1.29 is 13.2 Å². The van der Waals surface area contributed by atoms with Crippen molar-refractivity contribution in [2.75, 3.05) is 19.8 Å². The maximum Gasteiger partial charge on any atom is 0.235 e. The molecule has 0 saturated heterocycles. The van der Waals surface area contributed by atoms with Gasteiger partial charge in [-0.25, -0.2) is 12.9 Å². The summed E-state index contributed by atoms with van der Waals surface area (Å²) in [6.07, 6.45) is 4.56. The van der Waals surface area contributed by atoms with Gasteiger partial charge < -0.3 is 5.32 Å². The third-order valence-corrected chi connectivity index (χ3v) is 4.18. The number of sulfonamides is 1. The fourth-order valence-electron chi connectivity index (χ4n) is 1.69. The predicted molar refractivity (Wildman–Crippen MR) is 74.5 cm³/mol. The molecule has 0 unspecified atom stereocenters. The topological polar surface area (TPSA) is 83.8 Å². The molecule has 1 amide bonds. The van der Waals surface area contributed by atoms with Gasteiger partial charge in [0.05, 0.1) is 24.5 Å². The zero-order valence-corrected chi connectivity index (χ0v) is 12.1. The molecule has 2 aromatic rings. The van der Waals surface area contributed by atoms with Crippen LogP contribution in [-0.2, 0) is 21.4 Å². The van der Waals surface area contributed by atoms with E-state index in [0.29, 0.717) is 6.54 Å². The average molecular weight is 296 g/mol. The Balaban J connectivity index is 1.97. The second kappa shape index (κ2) is 5.59. The molecular weight excluding hydrogens is 280 g/mol. The minimum atomic E-state index is -3.35. The molecule has 2 heterocycles. The summed E-state index contributed by atoms with van der Waals surface area (Å²) in [6.45, 7) is 0.113. The molecule has 7 nitrogen and oxygen atoms in total. The molecule has 0 fully saturated rings. The summed E-state index contributed by atoms with van der Waals surface area (Å²) in [4.78, 5) is 11.7. The van der Waals surface area contributed by atoms with Gasteiger partial charge in [0.25, 0.3) is 0 Å². The molecule has 0 spiro atoms. The summed E-state index contributed by atoms with van der Waals surface area (Å²) in [5.74, 6) is -0.354. The maximum atomic E-state index is 11.7. The highest BCUT2D eigenvalue weighted by Gasteiger charge is 2.15. The van der Waals surface area contributed by atoms with E-state index in [1.54, 1.807) is 10.7 Å².